The van der Waals surface area contributed by atoms with Crippen LogP contribution >= 0.6 is 11.3 Å². The number of hydrogen-bond acceptors (Lipinski definition) is 5. The van der Waals surface area contributed by atoms with Crippen molar-refractivity contribution in [3.8, 4) is 0 Å². The van der Waals surface area contributed by atoms with Crippen molar-refractivity contribution in [3.05, 3.63) is 11.1 Å². The van der Waals surface area contributed by atoms with E-state index in [0.29, 0.717) is 31.9 Å². The molecule has 21 heavy (non-hydrogen) atoms. The van der Waals surface area contributed by atoms with Crippen molar-refractivity contribution in [1.29, 1.82) is 0 Å². The SMILES string of the molecule is CC(=O)N1CCC(C(=O)Nc2nc3scc(C)n3n2)CC1. The average molecular weight is 307 g/mol. The second kappa shape index (κ2) is 5.44. The molecule has 7 nitrogen and oxygen atoms in total. The maximum atomic E-state index is 12.2. The first-order valence-electron chi connectivity index (χ1n) is 6.92. The molecule has 2 amide bonds. The summed E-state index contributed by atoms with van der Waals surface area (Å²) >= 11 is 1.49. The van der Waals surface area contributed by atoms with Crippen molar-refractivity contribution in [2.24, 2.45) is 5.92 Å². The van der Waals surface area contributed by atoms with E-state index in [1.165, 1.54) is 11.3 Å². The molecule has 3 heterocycles. The Hall–Kier alpha value is -1.96. The van der Waals surface area contributed by atoms with Crippen LogP contribution in [0.1, 0.15) is 25.5 Å². The smallest absolute Gasteiger partial charge is 0.250 e. The van der Waals surface area contributed by atoms with Crippen molar-refractivity contribution in [1.82, 2.24) is 19.5 Å². The molecule has 112 valence electrons. The maximum Gasteiger partial charge on any atom is 0.250 e. The highest BCUT2D eigenvalue weighted by Crippen LogP contribution is 2.20. The zero-order valence-electron chi connectivity index (χ0n) is 12.0. The fourth-order valence-electron chi connectivity index (χ4n) is 2.51. The number of fused-ring (bicyclic) bond motifs is 1. The second-order valence-corrected chi connectivity index (χ2v) is 6.11. The lowest BCUT2D eigenvalue weighted by Crippen LogP contribution is -2.40. The summed E-state index contributed by atoms with van der Waals surface area (Å²) in [6.07, 6.45) is 1.37. The molecule has 0 spiro atoms. The van der Waals surface area contributed by atoms with Gasteiger partial charge in [0.05, 0.1) is 5.69 Å². The normalized spacial score (nSPS) is 16.4. The topological polar surface area (TPSA) is 79.6 Å². The zero-order valence-corrected chi connectivity index (χ0v) is 12.8. The van der Waals surface area contributed by atoms with Crippen molar-refractivity contribution < 1.29 is 9.59 Å². The molecule has 0 atom stereocenters. The van der Waals surface area contributed by atoms with E-state index in [-0.39, 0.29) is 17.7 Å². The Morgan fingerprint density at radius 2 is 2.10 bits per heavy atom. The average Bonchev–Trinajstić information content (AvgIpc) is 3.01. The molecule has 2 aromatic rings. The van der Waals surface area contributed by atoms with Crippen LogP contribution in [0.3, 0.4) is 0 Å². The lowest BCUT2D eigenvalue weighted by atomic mass is 9.96. The fourth-order valence-corrected chi connectivity index (χ4v) is 3.31. The van der Waals surface area contributed by atoms with Gasteiger partial charge in [-0.25, -0.2) is 4.52 Å². The number of amides is 2. The van der Waals surface area contributed by atoms with Gasteiger partial charge in [-0.3, -0.25) is 14.9 Å². The number of nitrogens with zero attached hydrogens (tertiary/aromatic N) is 4. The van der Waals surface area contributed by atoms with Gasteiger partial charge in [-0.2, -0.15) is 4.98 Å². The molecule has 2 aromatic heterocycles. The van der Waals surface area contributed by atoms with Crippen LogP contribution in [0, 0.1) is 12.8 Å². The summed E-state index contributed by atoms with van der Waals surface area (Å²) < 4.78 is 1.72. The van der Waals surface area contributed by atoms with Gasteiger partial charge in [0.1, 0.15) is 0 Å². The molecule has 0 unspecified atom stereocenters. The fraction of sp³-hybridized carbons (Fsp3) is 0.538. The standard InChI is InChI=1S/C13H17N5O2S/c1-8-7-21-13-15-12(16-18(8)13)14-11(20)10-3-5-17(6-4-10)9(2)19/h7,10H,3-6H2,1-2H3,(H,14,16,20). The van der Waals surface area contributed by atoms with E-state index in [1.54, 1.807) is 16.3 Å². The second-order valence-electron chi connectivity index (χ2n) is 5.28. The Labute approximate surface area is 126 Å². The van der Waals surface area contributed by atoms with E-state index in [4.69, 9.17) is 0 Å². The highest BCUT2D eigenvalue weighted by molar-refractivity contribution is 7.15. The number of carbonyl (C=O) groups excluding carboxylic acids is 2. The van der Waals surface area contributed by atoms with Gasteiger partial charge in [0.25, 0.3) is 0 Å². The third-order valence-corrected chi connectivity index (χ3v) is 4.73. The largest absolute Gasteiger partial charge is 0.343 e. The first-order valence-corrected chi connectivity index (χ1v) is 7.80. The number of rotatable bonds is 2. The van der Waals surface area contributed by atoms with Gasteiger partial charge in [-0.1, -0.05) is 0 Å². The summed E-state index contributed by atoms with van der Waals surface area (Å²) in [5, 5.41) is 9.02. The van der Waals surface area contributed by atoms with E-state index in [1.807, 2.05) is 12.3 Å². The van der Waals surface area contributed by atoms with Crippen molar-refractivity contribution in [2.75, 3.05) is 18.4 Å². The van der Waals surface area contributed by atoms with Gasteiger partial charge in [0.2, 0.25) is 22.7 Å². The van der Waals surface area contributed by atoms with Crippen molar-refractivity contribution in [3.63, 3.8) is 0 Å². The Balaban J connectivity index is 1.62. The Morgan fingerprint density at radius 3 is 2.71 bits per heavy atom. The molecule has 0 radical (unpaired) electrons. The Bertz CT molecular complexity index is 684. The van der Waals surface area contributed by atoms with Crippen LogP contribution in [-0.2, 0) is 9.59 Å². The van der Waals surface area contributed by atoms with Crippen molar-refractivity contribution in [2.45, 2.75) is 26.7 Å². The molecule has 1 aliphatic rings. The minimum absolute atomic E-state index is 0.0610. The van der Waals surface area contributed by atoms with E-state index < -0.39 is 0 Å². The molecule has 0 bridgehead atoms. The number of aromatic nitrogens is 3. The molecule has 1 aliphatic heterocycles. The molecule has 3 rings (SSSR count). The maximum absolute atomic E-state index is 12.2. The number of piperidine rings is 1. The number of aryl methyl sites for hydroxylation is 1. The van der Waals surface area contributed by atoms with E-state index in [9.17, 15) is 9.59 Å². The van der Waals surface area contributed by atoms with Gasteiger partial charge >= 0.3 is 0 Å². The number of hydrogen-bond donors (Lipinski definition) is 1. The summed E-state index contributed by atoms with van der Waals surface area (Å²) in [6, 6.07) is 0. The summed E-state index contributed by atoms with van der Waals surface area (Å²) in [6.45, 7) is 4.78. The third kappa shape index (κ3) is 2.76. The lowest BCUT2D eigenvalue weighted by Gasteiger charge is -2.30. The van der Waals surface area contributed by atoms with Crippen LogP contribution in [0.15, 0.2) is 5.38 Å². The van der Waals surface area contributed by atoms with Crippen LogP contribution in [0.4, 0.5) is 5.95 Å². The molecular weight excluding hydrogens is 290 g/mol. The molecular formula is C13H17N5O2S. The quantitative estimate of drug-likeness (QED) is 0.907. The summed E-state index contributed by atoms with van der Waals surface area (Å²) in [5.74, 6) is 0.279. The van der Waals surface area contributed by atoms with Crippen LogP contribution in [-0.4, -0.2) is 44.4 Å². The van der Waals surface area contributed by atoms with Gasteiger partial charge in [0.15, 0.2) is 0 Å². The van der Waals surface area contributed by atoms with Gasteiger partial charge < -0.3 is 4.90 Å². The minimum atomic E-state index is -0.0803. The molecule has 1 saturated heterocycles. The van der Waals surface area contributed by atoms with E-state index in [2.05, 4.69) is 15.4 Å². The molecule has 1 N–H and O–H groups in total. The molecule has 8 heteroatoms. The molecule has 0 aromatic carbocycles. The monoisotopic (exact) mass is 307 g/mol. The van der Waals surface area contributed by atoms with Crippen LogP contribution in [0.2, 0.25) is 0 Å². The highest BCUT2D eigenvalue weighted by atomic mass is 32.1. The number of nitrogens with one attached hydrogen (secondary N) is 1. The van der Waals surface area contributed by atoms with Gasteiger partial charge in [0, 0.05) is 31.3 Å². The van der Waals surface area contributed by atoms with Gasteiger partial charge in [-0.05, 0) is 19.8 Å². The van der Waals surface area contributed by atoms with Gasteiger partial charge in [-0.15, -0.1) is 16.4 Å². The Kier molecular flexibility index (Phi) is 3.62. The number of anilines is 1. The lowest BCUT2D eigenvalue weighted by molar-refractivity contribution is -0.132. The van der Waals surface area contributed by atoms with Crippen LogP contribution in [0.5, 0.6) is 0 Å². The first kappa shape index (κ1) is 14.0. The van der Waals surface area contributed by atoms with Crippen LogP contribution < -0.4 is 5.32 Å². The molecule has 0 saturated carbocycles. The predicted octanol–water partition coefficient (Wildman–Crippen LogP) is 1.30. The number of carbonyl (C=O) groups is 2. The van der Waals surface area contributed by atoms with Crippen LogP contribution in [0.25, 0.3) is 4.96 Å². The summed E-state index contributed by atoms with van der Waals surface area (Å²) in [7, 11) is 0. The Morgan fingerprint density at radius 1 is 1.38 bits per heavy atom. The van der Waals surface area contributed by atoms with E-state index in [0.717, 1.165) is 10.7 Å². The van der Waals surface area contributed by atoms with E-state index >= 15 is 0 Å². The highest BCUT2D eigenvalue weighted by Gasteiger charge is 2.26. The number of likely N-dealkylation sites (tertiary alicyclic amines) is 1. The summed E-state index contributed by atoms with van der Waals surface area (Å²) in [5.41, 5.74) is 0.998. The molecule has 0 aliphatic carbocycles. The minimum Gasteiger partial charge on any atom is -0.343 e. The first-order chi connectivity index (χ1) is 10.0. The predicted molar refractivity (Wildman–Crippen MR) is 79.2 cm³/mol. The molecule has 1 fully saturated rings. The van der Waals surface area contributed by atoms with Crippen molar-refractivity contribution >= 4 is 34.1 Å². The zero-order chi connectivity index (χ0) is 15.0. The summed E-state index contributed by atoms with van der Waals surface area (Å²) in [4.78, 5) is 30.3. The number of thiazole rings is 1. The third-order valence-electron chi connectivity index (χ3n) is 3.79.